The first kappa shape index (κ1) is 27.8. The molecule has 3 N–H and O–H groups in total. The summed E-state index contributed by atoms with van der Waals surface area (Å²) in [6.45, 7) is 5.70. The Bertz CT molecular complexity index is 1090. The quantitative estimate of drug-likeness (QED) is 0.360. The van der Waals surface area contributed by atoms with Crippen LogP contribution >= 0.6 is 11.8 Å². The normalized spacial score (nSPS) is 19.4. The van der Waals surface area contributed by atoms with Crippen LogP contribution in [0, 0.1) is 11.2 Å². The Balaban J connectivity index is 1.71. The molecule has 2 aromatic carbocycles. The molecule has 1 fully saturated rings. The first-order chi connectivity index (χ1) is 16.7. The largest absolute Gasteiger partial charge is 0.494 e. The number of carbonyl (C=O) groups is 2. The maximum absolute atomic E-state index is 14.1. The molecule has 0 aromatic heterocycles. The fourth-order valence-corrected chi connectivity index (χ4v) is 4.58. The van der Waals surface area contributed by atoms with Crippen molar-refractivity contribution in [2.45, 2.75) is 62.3 Å². The second-order valence-electron chi connectivity index (χ2n) is 9.64. The zero-order valence-corrected chi connectivity index (χ0v) is 21.1. The van der Waals surface area contributed by atoms with Crippen LogP contribution in [0.2, 0.25) is 0 Å². The molecular formula is C25H29F4N3O3S. The van der Waals surface area contributed by atoms with E-state index in [0.717, 1.165) is 0 Å². The standard InChI is InChI=1S/C25H29F4N3O3S/c1-24(2,3)22(15-6-8-16(9-7-15)36-25(27,28)29)32-23(34)18-13-21(33)31-20(30-18)12-14-5-10-19(35-4)17(26)11-14/h5-11,18,20,22,30H,12-13H2,1-4H3,(H,31,33)(H,32,34)/t18?,20?,22-/m0/s1. The Morgan fingerprint density at radius 3 is 2.39 bits per heavy atom. The summed E-state index contributed by atoms with van der Waals surface area (Å²) in [4.78, 5) is 25.6. The van der Waals surface area contributed by atoms with Crippen molar-refractivity contribution in [1.29, 1.82) is 0 Å². The molecule has 0 aliphatic carbocycles. The van der Waals surface area contributed by atoms with Gasteiger partial charge in [0.15, 0.2) is 11.6 Å². The lowest BCUT2D eigenvalue weighted by molar-refractivity contribution is -0.132. The molecule has 196 valence electrons. The van der Waals surface area contributed by atoms with E-state index >= 15 is 0 Å². The Labute approximate surface area is 211 Å². The first-order valence-corrected chi connectivity index (χ1v) is 12.1. The number of nitrogens with one attached hydrogen (secondary N) is 3. The Kier molecular flexibility index (Phi) is 8.55. The Morgan fingerprint density at radius 2 is 1.83 bits per heavy atom. The molecular weight excluding hydrogens is 498 g/mol. The molecule has 3 rings (SSSR count). The van der Waals surface area contributed by atoms with E-state index in [9.17, 15) is 27.2 Å². The molecule has 6 nitrogen and oxygen atoms in total. The predicted octanol–water partition coefficient (Wildman–Crippen LogP) is 4.70. The van der Waals surface area contributed by atoms with Crippen LogP contribution in [0.5, 0.6) is 5.75 Å². The number of carbonyl (C=O) groups excluding carboxylic acids is 2. The maximum atomic E-state index is 14.1. The number of hydrogen-bond donors (Lipinski definition) is 3. The molecule has 36 heavy (non-hydrogen) atoms. The number of thioether (sulfide) groups is 1. The van der Waals surface area contributed by atoms with E-state index in [0.29, 0.717) is 11.1 Å². The van der Waals surface area contributed by atoms with Crippen LogP contribution in [0.3, 0.4) is 0 Å². The molecule has 0 radical (unpaired) electrons. The Hall–Kier alpha value is -2.79. The molecule has 3 atom stereocenters. The lowest BCUT2D eigenvalue weighted by atomic mass is 9.82. The molecule has 2 aromatic rings. The summed E-state index contributed by atoms with van der Waals surface area (Å²) in [6, 6.07) is 8.99. The lowest BCUT2D eigenvalue weighted by Crippen LogP contribution is -2.61. The minimum absolute atomic E-state index is 0.0497. The number of methoxy groups -OCH3 is 1. The van der Waals surface area contributed by atoms with E-state index in [4.69, 9.17) is 4.74 Å². The zero-order valence-electron chi connectivity index (χ0n) is 20.3. The van der Waals surface area contributed by atoms with Gasteiger partial charge in [0.25, 0.3) is 0 Å². The van der Waals surface area contributed by atoms with E-state index in [1.54, 1.807) is 18.2 Å². The minimum atomic E-state index is -4.39. The van der Waals surface area contributed by atoms with Gasteiger partial charge in [0.1, 0.15) is 0 Å². The van der Waals surface area contributed by atoms with Crippen LogP contribution < -0.4 is 20.7 Å². The lowest BCUT2D eigenvalue weighted by Gasteiger charge is -2.36. The molecule has 1 heterocycles. The van der Waals surface area contributed by atoms with Crippen molar-refractivity contribution < 1.29 is 31.9 Å². The number of hydrogen-bond acceptors (Lipinski definition) is 5. The fourth-order valence-electron chi connectivity index (χ4n) is 4.04. The number of alkyl halides is 3. The predicted molar refractivity (Wildman–Crippen MR) is 129 cm³/mol. The van der Waals surface area contributed by atoms with Crippen LogP contribution in [0.1, 0.15) is 44.4 Å². The monoisotopic (exact) mass is 527 g/mol. The second-order valence-corrected chi connectivity index (χ2v) is 10.8. The highest BCUT2D eigenvalue weighted by Crippen LogP contribution is 2.38. The molecule has 1 aliphatic rings. The molecule has 1 saturated heterocycles. The van der Waals surface area contributed by atoms with Crippen molar-refractivity contribution in [1.82, 2.24) is 16.0 Å². The average Bonchev–Trinajstić information content (AvgIpc) is 2.76. The van der Waals surface area contributed by atoms with Gasteiger partial charge in [-0.25, -0.2) is 4.39 Å². The number of rotatable bonds is 7. The van der Waals surface area contributed by atoms with Gasteiger partial charge in [0, 0.05) is 11.3 Å². The third-order valence-electron chi connectivity index (χ3n) is 5.70. The van der Waals surface area contributed by atoms with Gasteiger partial charge in [-0.05, 0) is 52.6 Å². The molecule has 2 amide bonds. The minimum Gasteiger partial charge on any atom is -0.494 e. The number of halogens is 4. The smallest absolute Gasteiger partial charge is 0.446 e. The van der Waals surface area contributed by atoms with Crippen LogP contribution in [-0.2, 0) is 16.0 Å². The Morgan fingerprint density at radius 1 is 1.17 bits per heavy atom. The van der Waals surface area contributed by atoms with Gasteiger partial charge < -0.3 is 15.4 Å². The third kappa shape index (κ3) is 7.60. The second kappa shape index (κ2) is 11.1. The van der Waals surface area contributed by atoms with Crippen LogP contribution in [0.25, 0.3) is 0 Å². The molecule has 1 aliphatic heterocycles. The highest BCUT2D eigenvalue weighted by molar-refractivity contribution is 8.00. The number of amides is 2. The van der Waals surface area contributed by atoms with Crippen molar-refractivity contribution in [3.8, 4) is 5.75 Å². The highest BCUT2D eigenvalue weighted by Gasteiger charge is 2.35. The van der Waals surface area contributed by atoms with Crippen molar-refractivity contribution in [3.63, 3.8) is 0 Å². The van der Waals surface area contributed by atoms with E-state index in [2.05, 4.69) is 16.0 Å². The summed E-state index contributed by atoms with van der Waals surface area (Å²) in [7, 11) is 1.37. The molecule has 2 unspecified atom stereocenters. The summed E-state index contributed by atoms with van der Waals surface area (Å²) >= 11 is -0.203. The van der Waals surface area contributed by atoms with E-state index in [1.807, 2.05) is 20.8 Å². The fraction of sp³-hybridized carbons (Fsp3) is 0.440. The average molecular weight is 528 g/mol. The summed E-state index contributed by atoms with van der Waals surface area (Å²) in [5, 5.41) is 8.81. The van der Waals surface area contributed by atoms with Crippen molar-refractivity contribution in [2.75, 3.05) is 7.11 Å². The zero-order chi connectivity index (χ0) is 26.7. The molecule has 11 heteroatoms. The summed E-state index contributed by atoms with van der Waals surface area (Å²) in [5.41, 5.74) is -3.60. The maximum Gasteiger partial charge on any atom is 0.446 e. The van der Waals surface area contributed by atoms with Crippen LogP contribution in [-0.4, -0.2) is 36.6 Å². The van der Waals surface area contributed by atoms with Crippen molar-refractivity contribution in [2.24, 2.45) is 5.41 Å². The van der Waals surface area contributed by atoms with Crippen molar-refractivity contribution in [3.05, 3.63) is 59.4 Å². The first-order valence-electron chi connectivity index (χ1n) is 11.3. The molecule has 0 spiro atoms. The summed E-state index contributed by atoms with van der Waals surface area (Å²) in [6.07, 6.45) is -0.434. The summed E-state index contributed by atoms with van der Waals surface area (Å²) in [5.74, 6) is -1.16. The topological polar surface area (TPSA) is 79.5 Å². The molecule has 0 bridgehead atoms. The molecule has 0 saturated carbocycles. The van der Waals surface area contributed by atoms with Gasteiger partial charge in [0.2, 0.25) is 11.8 Å². The van der Waals surface area contributed by atoms with Crippen molar-refractivity contribution >= 4 is 23.6 Å². The van der Waals surface area contributed by atoms with E-state index in [-0.39, 0.29) is 41.2 Å². The van der Waals surface area contributed by atoms with E-state index < -0.39 is 40.9 Å². The third-order valence-corrected chi connectivity index (χ3v) is 6.44. The van der Waals surface area contributed by atoms with Crippen LogP contribution in [0.4, 0.5) is 17.6 Å². The van der Waals surface area contributed by atoms with E-state index in [1.165, 1.54) is 31.4 Å². The highest BCUT2D eigenvalue weighted by atomic mass is 32.2. The van der Waals surface area contributed by atoms with Gasteiger partial charge in [-0.3, -0.25) is 14.9 Å². The SMILES string of the molecule is COc1ccc(CC2NC(=O)CC(C(=O)N[C@@H](c3ccc(SC(F)(F)F)cc3)C(C)(C)C)N2)cc1F. The van der Waals surface area contributed by atoms with Gasteiger partial charge >= 0.3 is 5.51 Å². The summed E-state index contributed by atoms with van der Waals surface area (Å²) < 4.78 is 57.0. The van der Waals surface area contributed by atoms with Gasteiger partial charge in [-0.1, -0.05) is 39.0 Å². The van der Waals surface area contributed by atoms with Gasteiger partial charge in [-0.15, -0.1) is 0 Å². The van der Waals surface area contributed by atoms with Crippen LogP contribution in [0.15, 0.2) is 47.4 Å². The number of benzene rings is 2. The van der Waals surface area contributed by atoms with Gasteiger partial charge in [-0.2, -0.15) is 13.2 Å². The van der Waals surface area contributed by atoms with Gasteiger partial charge in [0.05, 0.1) is 31.8 Å². The number of ether oxygens (including phenoxy) is 1.